The fourth-order valence-corrected chi connectivity index (χ4v) is 4.72. The molecule has 0 N–H and O–H groups in total. The second kappa shape index (κ2) is 9.48. The minimum absolute atomic E-state index is 0.00936. The molecule has 38 heavy (non-hydrogen) atoms. The van der Waals surface area contributed by atoms with Crippen LogP contribution in [-0.4, -0.2) is 40.4 Å². The average molecular weight is 505 g/mol. The van der Waals surface area contributed by atoms with Gasteiger partial charge in [0.2, 0.25) is 5.88 Å². The zero-order chi connectivity index (χ0) is 26.2. The molecule has 2 aliphatic heterocycles. The van der Waals surface area contributed by atoms with Crippen LogP contribution in [0.5, 0.6) is 11.6 Å². The van der Waals surface area contributed by atoms with Crippen molar-refractivity contribution < 1.29 is 19.1 Å². The van der Waals surface area contributed by atoms with Crippen molar-refractivity contribution in [2.24, 2.45) is 5.10 Å². The number of fused-ring (bicyclic) bond motifs is 2. The number of hydrazone groups is 1. The van der Waals surface area contributed by atoms with Crippen LogP contribution in [0.3, 0.4) is 0 Å². The maximum Gasteiger partial charge on any atom is 0.281 e. The summed E-state index contributed by atoms with van der Waals surface area (Å²) in [7, 11) is 0. The molecule has 3 aromatic carbocycles. The summed E-state index contributed by atoms with van der Waals surface area (Å²) in [5.41, 5.74) is 3.69. The summed E-state index contributed by atoms with van der Waals surface area (Å²) in [4.78, 5) is 28.1. The van der Waals surface area contributed by atoms with Crippen LogP contribution in [0.4, 0.5) is 5.69 Å². The molecule has 1 aromatic heterocycles. The standard InChI is InChI=1S/C30H24N4O4/c1-3-37-23-16-14-20(15-17-23)28(35)27-25-19(2)31-34(22-12-8-5-9-13-22)30(25)38-18-24-26(27)29(36)33(32-24)21-10-6-4-7-11-21/h4-17H,3,18H2,1-2H3. The normalized spacial score (nSPS) is 14.4. The number of anilines is 1. The Morgan fingerprint density at radius 1 is 0.947 bits per heavy atom. The van der Waals surface area contributed by atoms with Crippen molar-refractivity contribution in [3.05, 3.63) is 107 Å². The summed E-state index contributed by atoms with van der Waals surface area (Å²) in [6.45, 7) is 4.24. The highest BCUT2D eigenvalue weighted by Crippen LogP contribution is 2.40. The largest absolute Gasteiger partial charge is 0.494 e. The van der Waals surface area contributed by atoms with Gasteiger partial charge in [0.15, 0.2) is 5.78 Å². The van der Waals surface area contributed by atoms with E-state index in [0.717, 1.165) is 5.69 Å². The van der Waals surface area contributed by atoms with Crippen LogP contribution >= 0.6 is 0 Å². The van der Waals surface area contributed by atoms with Gasteiger partial charge in [0, 0.05) is 5.56 Å². The van der Waals surface area contributed by atoms with Crippen molar-refractivity contribution in [2.45, 2.75) is 13.8 Å². The SMILES string of the molecule is CCOc1ccc(C(=O)C2=C3C(=O)N(c4ccccc4)N=C3COc3c2c(C)nn3-c2ccccc2)cc1. The predicted octanol–water partition coefficient (Wildman–Crippen LogP) is 5.01. The van der Waals surface area contributed by atoms with Crippen molar-refractivity contribution >= 4 is 28.7 Å². The monoisotopic (exact) mass is 504 g/mol. The lowest BCUT2D eigenvalue weighted by Crippen LogP contribution is -2.23. The highest BCUT2D eigenvalue weighted by Gasteiger charge is 2.41. The number of carbonyl (C=O) groups excluding carboxylic acids is 2. The van der Waals surface area contributed by atoms with Gasteiger partial charge < -0.3 is 9.47 Å². The van der Waals surface area contributed by atoms with Crippen LogP contribution in [0.1, 0.15) is 28.5 Å². The van der Waals surface area contributed by atoms with Crippen molar-refractivity contribution in [3.8, 4) is 17.3 Å². The lowest BCUT2D eigenvalue weighted by Gasteiger charge is -2.14. The molecule has 0 saturated carbocycles. The molecule has 6 rings (SSSR count). The van der Waals surface area contributed by atoms with E-state index < -0.39 is 0 Å². The molecule has 3 heterocycles. The molecule has 0 fully saturated rings. The third-order valence-corrected chi connectivity index (χ3v) is 6.44. The van der Waals surface area contributed by atoms with Crippen molar-refractivity contribution in [1.29, 1.82) is 0 Å². The number of ketones is 1. The van der Waals surface area contributed by atoms with Crippen LogP contribution in [0.15, 0.2) is 95.6 Å². The van der Waals surface area contributed by atoms with Gasteiger partial charge in [0.05, 0.1) is 40.4 Å². The number of allylic oxidation sites excluding steroid dienone is 1. The fraction of sp³-hybridized carbons (Fsp3) is 0.133. The molecule has 8 nitrogen and oxygen atoms in total. The maximum absolute atomic E-state index is 14.2. The first-order valence-electron chi connectivity index (χ1n) is 12.3. The second-order valence-corrected chi connectivity index (χ2v) is 8.84. The van der Waals surface area contributed by atoms with E-state index >= 15 is 0 Å². The molecule has 0 saturated heterocycles. The van der Waals surface area contributed by atoms with Crippen molar-refractivity contribution in [1.82, 2.24) is 9.78 Å². The molecule has 8 heteroatoms. The molecule has 0 atom stereocenters. The Labute approximate surface area is 219 Å². The van der Waals surface area contributed by atoms with Gasteiger partial charge in [-0.2, -0.15) is 15.2 Å². The van der Waals surface area contributed by atoms with Crippen LogP contribution in [-0.2, 0) is 4.79 Å². The lowest BCUT2D eigenvalue weighted by molar-refractivity contribution is -0.114. The van der Waals surface area contributed by atoms with Gasteiger partial charge in [-0.25, -0.2) is 4.68 Å². The second-order valence-electron chi connectivity index (χ2n) is 8.84. The van der Waals surface area contributed by atoms with E-state index in [-0.39, 0.29) is 29.4 Å². The number of amides is 1. The number of hydrogen-bond acceptors (Lipinski definition) is 6. The van der Waals surface area contributed by atoms with Crippen molar-refractivity contribution in [3.63, 3.8) is 0 Å². The summed E-state index contributed by atoms with van der Waals surface area (Å²) >= 11 is 0. The Morgan fingerprint density at radius 3 is 2.26 bits per heavy atom. The number of benzene rings is 3. The number of nitrogens with zero attached hydrogens (tertiary/aromatic N) is 4. The molecule has 188 valence electrons. The molecule has 0 spiro atoms. The summed E-state index contributed by atoms with van der Waals surface area (Å²) < 4.78 is 13.5. The van der Waals surface area contributed by atoms with E-state index in [1.165, 1.54) is 5.01 Å². The Bertz CT molecular complexity index is 1600. The molecular formula is C30H24N4O4. The van der Waals surface area contributed by atoms with Crippen LogP contribution in [0, 0.1) is 6.92 Å². The first-order chi connectivity index (χ1) is 18.6. The molecular weight excluding hydrogens is 480 g/mol. The topological polar surface area (TPSA) is 86.0 Å². The number of rotatable bonds is 6. The summed E-state index contributed by atoms with van der Waals surface area (Å²) in [5.74, 6) is 0.353. The maximum atomic E-state index is 14.2. The van der Waals surface area contributed by atoms with E-state index in [0.29, 0.717) is 46.5 Å². The van der Waals surface area contributed by atoms with Gasteiger partial charge >= 0.3 is 0 Å². The minimum atomic E-state index is -0.385. The Balaban J connectivity index is 1.56. The number of carbonyl (C=O) groups is 2. The molecule has 4 aromatic rings. The third kappa shape index (κ3) is 3.87. The van der Waals surface area contributed by atoms with E-state index in [1.807, 2.05) is 62.4 Å². The zero-order valence-electron chi connectivity index (χ0n) is 20.9. The number of hydrogen-bond donors (Lipinski definition) is 0. The fourth-order valence-electron chi connectivity index (χ4n) is 4.72. The zero-order valence-corrected chi connectivity index (χ0v) is 20.9. The summed E-state index contributed by atoms with van der Waals surface area (Å²) in [6, 6.07) is 25.6. The minimum Gasteiger partial charge on any atom is -0.494 e. The number of ether oxygens (including phenoxy) is 2. The van der Waals surface area contributed by atoms with Crippen LogP contribution in [0.25, 0.3) is 11.3 Å². The Hall–Kier alpha value is -4.98. The first-order valence-corrected chi connectivity index (χ1v) is 12.3. The average Bonchev–Trinajstić information content (AvgIpc) is 3.39. The van der Waals surface area contributed by atoms with Crippen LogP contribution in [0.2, 0.25) is 0 Å². The summed E-state index contributed by atoms with van der Waals surface area (Å²) in [5, 5.41) is 10.6. The highest BCUT2D eigenvalue weighted by molar-refractivity contribution is 6.45. The van der Waals surface area contributed by atoms with Gasteiger partial charge in [-0.15, -0.1) is 0 Å². The third-order valence-electron chi connectivity index (χ3n) is 6.44. The first kappa shape index (κ1) is 23.4. The molecule has 0 aliphatic carbocycles. The summed E-state index contributed by atoms with van der Waals surface area (Å²) in [6.07, 6.45) is 0. The molecule has 2 aliphatic rings. The number of Topliss-reactive ketones (excluding diaryl/α,β-unsaturated/α-hetero) is 1. The highest BCUT2D eigenvalue weighted by atomic mass is 16.5. The van der Waals surface area contributed by atoms with Gasteiger partial charge in [-0.1, -0.05) is 36.4 Å². The van der Waals surface area contributed by atoms with E-state index in [4.69, 9.17) is 14.6 Å². The van der Waals surface area contributed by atoms with Gasteiger partial charge in [0.1, 0.15) is 18.1 Å². The van der Waals surface area contributed by atoms with E-state index in [9.17, 15) is 9.59 Å². The van der Waals surface area contributed by atoms with E-state index in [1.54, 1.807) is 41.1 Å². The van der Waals surface area contributed by atoms with Crippen LogP contribution < -0.4 is 14.5 Å². The number of para-hydroxylation sites is 2. The molecule has 0 bridgehead atoms. The molecule has 0 radical (unpaired) electrons. The van der Waals surface area contributed by atoms with Gasteiger partial charge in [0.25, 0.3) is 5.91 Å². The molecule has 1 amide bonds. The van der Waals surface area contributed by atoms with Crippen molar-refractivity contribution in [2.75, 3.05) is 18.2 Å². The van der Waals surface area contributed by atoms with Gasteiger partial charge in [-0.3, -0.25) is 9.59 Å². The van der Waals surface area contributed by atoms with E-state index in [2.05, 4.69) is 5.10 Å². The quantitative estimate of drug-likeness (QED) is 0.345. The smallest absolute Gasteiger partial charge is 0.281 e. The Morgan fingerprint density at radius 2 is 1.61 bits per heavy atom. The number of aromatic nitrogens is 2. The number of aryl methyl sites for hydroxylation is 1. The van der Waals surface area contributed by atoms with Gasteiger partial charge in [-0.05, 0) is 62.4 Å². The molecule has 0 unspecified atom stereocenters. The lowest BCUT2D eigenvalue weighted by atomic mass is 9.90. The Kier molecular flexibility index (Phi) is 5.84. The predicted molar refractivity (Wildman–Crippen MR) is 144 cm³/mol.